The van der Waals surface area contributed by atoms with Crippen molar-refractivity contribution in [2.24, 2.45) is 7.05 Å². The highest BCUT2D eigenvalue weighted by molar-refractivity contribution is 9.10. The van der Waals surface area contributed by atoms with E-state index >= 15 is 0 Å². The molecule has 154 valence electrons. The number of nitrogens with zero attached hydrogens (tertiary/aromatic N) is 6. The van der Waals surface area contributed by atoms with Crippen LogP contribution in [0.4, 0.5) is 11.4 Å². The van der Waals surface area contributed by atoms with Gasteiger partial charge in [0.2, 0.25) is 0 Å². The third-order valence-corrected chi connectivity index (χ3v) is 5.17. The molecule has 0 aromatic carbocycles. The predicted molar refractivity (Wildman–Crippen MR) is 112 cm³/mol. The average Bonchev–Trinajstić information content (AvgIpc) is 3.37. The number of rotatable bonds is 6. The summed E-state index contributed by atoms with van der Waals surface area (Å²) in [5.41, 5.74) is 1.03. The summed E-state index contributed by atoms with van der Waals surface area (Å²) in [7, 11) is 1.79. The van der Waals surface area contributed by atoms with Gasteiger partial charge in [-0.1, -0.05) is 0 Å². The van der Waals surface area contributed by atoms with Crippen LogP contribution in [-0.2, 0) is 23.9 Å². The van der Waals surface area contributed by atoms with Crippen LogP contribution in [0.25, 0.3) is 0 Å². The van der Waals surface area contributed by atoms with Crippen molar-refractivity contribution in [3.05, 3.63) is 40.6 Å². The molecule has 0 aliphatic carbocycles. The number of carbonyl (C=O) groups is 2. The van der Waals surface area contributed by atoms with E-state index in [2.05, 4.69) is 41.9 Å². The second-order valence-corrected chi connectivity index (χ2v) is 7.98. The van der Waals surface area contributed by atoms with Crippen LogP contribution in [0.2, 0.25) is 0 Å². The molecule has 0 unspecified atom stereocenters. The molecule has 29 heavy (non-hydrogen) atoms. The van der Waals surface area contributed by atoms with E-state index in [1.807, 2.05) is 13.8 Å². The Labute approximate surface area is 176 Å². The van der Waals surface area contributed by atoms with Crippen LogP contribution in [0.3, 0.4) is 0 Å². The Morgan fingerprint density at radius 2 is 1.79 bits per heavy atom. The van der Waals surface area contributed by atoms with E-state index in [-0.39, 0.29) is 17.5 Å². The van der Waals surface area contributed by atoms with Gasteiger partial charge in [-0.25, -0.2) is 0 Å². The fraction of sp³-hybridized carbons (Fsp3) is 0.389. The Morgan fingerprint density at radius 1 is 1.10 bits per heavy atom. The van der Waals surface area contributed by atoms with E-state index in [4.69, 9.17) is 0 Å². The summed E-state index contributed by atoms with van der Waals surface area (Å²) in [6.07, 6.45) is 6.38. The van der Waals surface area contributed by atoms with Crippen molar-refractivity contribution in [3.8, 4) is 0 Å². The molecule has 0 aliphatic heterocycles. The number of anilines is 2. The van der Waals surface area contributed by atoms with Gasteiger partial charge in [-0.05, 0) is 43.6 Å². The minimum Gasteiger partial charge on any atom is -0.321 e. The number of hydrogen-bond donors (Lipinski definition) is 2. The highest BCUT2D eigenvalue weighted by Crippen LogP contribution is 2.23. The number of aromatic nitrogens is 6. The van der Waals surface area contributed by atoms with Gasteiger partial charge >= 0.3 is 0 Å². The number of hydrogen-bond acceptors (Lipinski definition) is 5. The average molecular weight is 463 g/mol. The maximum Gasteiger partial charge on any atom is 0.276 e. The Kier molecular flexibility index (Phi) is 5.60. The first-order valence-electron chi connectivity index (χ1n) is 9.03. The van der Waals surface area contributed by atoms with Crippen molar-refractivity contribution < 1.29 is 9.59 Å². The van der Waals surface area contributed by atoms with Crippen LogP contribution < -0.4 is 10.6 Å². The summed E-state index contributed by atoms with van der Waals surface area (Å²) in [5.74, 6) is -0.703. The molecule has 11 heteroatoms. The molecule has 0 fully saturated rings. The summed E-state index contributed by atoms with van der Waals surface area (Å²) in [4.78, 5) is 25.9. The first kappa shape index (κ1) is 20.8. The lowest BCUT2D eigenvalue weighted by atomic mass is 10.0. The second kappa shape index (κ2) is 7.82. The van der Waals surface area contributed by atoms with Gasteiger partial charge in [-0.2, -0.15) is 15.3 Å². The maximum atomic E-state index is 13.0. The zero-order valence-corrected chi connectivity index (χ0v) is 18.5. The largest absolute Gasteiger partial charge is 0.321 e. The molecule has 0 radical (unpaired) electrons. The fourth-order valence-electron chi connectivity index (χ4n) is 2.74. The molecule has 2 amide bonds. The zero-order valence-electron chi connectivity index (χ0n) is 16.9. The maximum absolute atomic E-state index is 13.0. The summed E-state index contributed by atoms with van der Waals surface area (Å²) in [6, 6.07) is 0. The van der Waals surface area contributed by atoms with Crippen molar-refractivity contribution in [1.82, 2.24) is 29.3 Å². The van der Waals surface area contributed by atoms with Gasteiger partial charge in [0.05, 0.1) is 40.1 Å². The van der Waals surface area contributed by atoms with E-state index in [1.165, 1.54) is 10.9 Å². The van der Waals surface area contributed by atoms with Gasteiger partial charge in [-0.3, -0.25) is 23.6 Å². The van der Waals surface area contributed by atoms with Crippen molar-refractivity contribution in [3.63, 3.8) is 0 Å². The minimum absolute atomic E-state index is 0.265. The quantitative estimate of drug-likeness (QED) is 0.584. The standard InChI is InChI=1S/C18H23BrN8O2/c1-6-26-15(16(28)23-13-8-20-25(5)11(13)2)14(9-21-26)24-17(29)18(3,4)27-10-12(19)7-22-27/h7-10H,6H2,1-5H3,(H,23,28)(H,24,29). The highest BCUT2D eigenvalue weighted by atomic mass is 79.9. The summed E-state index contributed by atoms with van der Waals surface area (Å²) in [6.45, 7) is 7.68. The Morgan fingerprint density at radius 3 is 2.34 bits per heavy atom. The molecule has 0 saturated heterocycles. The van der Waals surface area contributed by atoms with E-state index in [1.54, 1.807) is 48.8 Å². The first-order valence-corrected chi connectivity index (χ1v) is 9.82. The van der Waals surface area contributed by atoms with Crippen LogP contribution in [0.5, 0.6) is 0 Å². The second-order valence-electron chi connectivity index (χ2n) is 7.06. The van der Waals surface area contributed by atoms with Gasteiger partial charge in [0.1, 0.15) is 11.2 Å². The predicted octanol–water partition coefficient (Wildman–Crippen LogP) is 2.53. The van der Waals surface area contributed by atoms with Gasteiger partial charge in [0.25, 0.3) is 11.8 Å². The zero-order chi connectivity index (χ0) is 21.3. The topological polar surface area (TPSA) is 112 Å². The fourth-order valence-corrected chi connectivity index (χ4v) is 3.03. The van der Waals surface area contributed by atoms with Crippen LogP contribution >= 0.6 is 15.9 Å². The van der Waals surface area contributed by atoms with E-state index in [0.717, 1.165) is 10.2 Å². The Bertz CT molecular complexity index is 1060. The third-order valence-electron chi connectivity index (χ3n) is 4.77. The highest BCUT2D eigenvalue weighted by Gasteiger charge is 2.32. The SMILES string of the molecule is CCn1ncc(NC(=O)C(C)(C)n2cc(Br)cn2)c1C(=O)Nc1cnn(C)c1C. The molecule has 2 N–H and O–H groups in total. The summed E-state index contributed by atoms with van der Waals surface area (Å²) >= 11 is 3.33. The van der Waals surface area contributed by atoms with Crippen LogP contribution in [-0.4, -0.2) is 41.2 Å². The van der Waals surface area contributed by atoms with E-state index in [9.17, 15) is 9.59 Å². The van der Waals surface area contributed by atoms with Gasteiger partial charge in [0, 0.05) is 19.8 Å². The van der Waals surface area contributed by atoms with Gasteiger partial charge in [0.15, 0.2) is 0 Å². The van der Waals surface area contributed by atoms with Gasteiger partial charge < -0.3 is 10.6 Å². The normalized spacial score (nSPS) is 11.5. The molecule has 3 rings (SSSR count). The molecular formula is C18H23BrN8O2. The minimum atomic E-state index is -0.978. The molecule has 0 bridgehead atoms. The van der Waals surface area contributed by atoms with Crippen LogP contribution in [0.1, 0.15) is 37.0 Å². The molecule has 0 saturated carbocycles. The molecule has 10 nitrogen and oxygen atoms in total. The van der Waals surface area contributed by atoms with Crippen LogP contribution in [0, 0.1) is 6.92 Å². The molecule has 3 aromatic rings. The Hall–Kier alpha value is -2.95. The lowest BCUT2D eigenvalue weighted by Gasteiger charge is -2.24. The number of carbonyl (C=O) groups excluding carboxylic acids is 2. The molecule has 0 atom stereocenters. The Balaban J connectivity index is 1.87. The molecule has 3 aromatic heterocycles. The van der Waals surface area contributed by atoms with Crippen molar-refractivity contribution in [2.75, 3.05) is 10.6 Å². The number of amides is 2. The smallest absolute Gasteiger partial charge is 0.276 e. The number of halogens is 1. The van der Waals surface area contributed by atoms with Crippen molar-refractivity contribution in [1.29, 1.82) is 0 Å². The first-order chi connectivity index (χ1) is 13.6. The van der Waals surface area contributed by atoms with Crippen molar-refractivity contribution in [2.45, 2.75) is 39.8 Å². The molecule has 3 heterocycles. The van der Waals surface area contributed by atoms with E-state index in [0.29, 0.717) is 17.9 Å². The molecule has 0 aliphatic rings. The monoisotopic (exact) mass is 462 g/mol. The molecule has 0 spiro atoms. The van der Waals surface area contributed by atoms with Crippen molar-refractivity contribution >= 4 is 39.1 Å². The molecular weight excluding hydrogens is 440 g/mol. The summed E-state index contributed by atoms with van der Waals surface area (Å²) in [5, 5.41) is 18.2. The van der Waals surface area contributed by atoms with Gasteiger partial charge in [-0.15, -0.1) is 0 Å². The lowest BCUT2D eigenvalue weighted by molar-refractivity contribution is -0.123. The number of nitrogens with one attached hydrogen (secondary N) is 2. The third kappa shape index (κ3) is 3.95. The lowest BCUT2D eigenvalue weighted by Crippen LogP contribution is -2.41. The number of aryl methyl sites for hydroxylation is 2. The van der Waals surface area contributed by atoms with Crippen LogP contribution in [0.15, 0.2) is 29.3 Å². The summed E-state index contributed by atoms with van der Waals surface area (Å²) < 4.78 is 5.52. The van der Waals surface area contributed by atoms with E-state index < -0.39 is 5.54 Å².